The van der Waals surface area contributed by atoms with Crippen molar-refractivity contribution in [2.75, 3.05) is 18.1 Å². The summed E-state index contributed by atoms with van der Waals surface area (Å²) < 4.78 is 5.76. The monoisotopic (exact) mass is 507 g/mol. The highest BCUT2D eigenvalue weighted by atomic mass is 16.5. The third-order valence-electron chi connectivity index (χ3n) is 8.67. The number of anilines is 1. The van der Waals surface area contributed by atoms with Crippen molar-refractivity contribution in [1.82, 2.24) is 20.5 Å². The Hall–Kier alpha value is -3.71. The minimum atomic E-state index is -0.0752. The minimum Gasteiger partial charge on any atom is -0.377 e. The second-order valence-electron chi connectivity index (χ2n) is 11.0. The molecule has 4 aromatic rings. The maximum absolute atomic E-state index is 13.5. The number of pyridine rings is 1. The number of aromatic nitrogens is 3. The molecule has 3 atom stereocenters. The maximum Gasteiger partial charge on any atom is 0.251 e. The predicted octanol–water partition coefficient (Wildman–Crippen LogP) is 5.65. The number of fused-ring (bicyclic) bond motifs is 3. The van der Waals surface area contributed by atoms with E-state index in [-0.39, 0.29) is 11.9 Å². The molecule has 3 fully saturated rings. The van der Waals surface area contributed by atoms with Crippen LogP contribution in [-0.4, -0.2) is 46.4 Å². The van der Waals surface area contributed by atoms with Crippen LogP contribution in [0.15, 0.2) is 66.9 Å². The first-order valence-electron chi connectivity index (χ1n) is 13.9. The van der Waals surface area contributed by atoms with Crippen molar-refractivity contribution in [3.8, 4) is 11.3 Å². The van der Waals surface area contributed by atoms with Gasteiger partial charge in [-0.15, -0.1) is 0 Å². The van der Waals surface area contributed by atoms with Crippen molar-refractivity contribution in [2.24, 2.45) is 5.92 Å². The highest BCUT2D eigenvalue weighted by molar-refractivity contribution is 6.01. The van der Waals surface area contributed by atoms with E-state index in [1.54, 1.807) is 0 Å². The van der Waals surface area contributed by atoms with Crippen molar-refractivity contribution < 1.29 is 9.53 Å². The molecule has 2 N–H and O–H groups in total. The molecule has 3 aliphatic rings. The van der Waals surface area contributed by atoms with E-state index in [1.165, 1.54) is 31.4 Å². The van der Waals surface area contributed by atoms with Crippen molar-refractivity contribution in [3.05, 3.63) is 78.1 Å². The van der Waals surface area contributed by atoms with E-state index in [1.807, 2.05) is 42.6 Å². The molecule has 0 spiro atoms. The number of hydrogen-bond acceptors (Lipinski definition) is 5. The number of ether oxygens (including phenoxy) is 1. The molecule has 1 unspecified atom stereocenters. The Labute approximate surface area is 222 Å². The summed E-state index contributed by atoms with van der Waals surface area (Å²) in [6, 6.07) is 21.3. The summed E-state index contributed by atoms with van der Waals surface area (Å²) in [5, 5.41) is 12.0. The maximum atomic E-state index is 13.5. The van der Waals surface area contributed by atoms with Gasteiger partial charge in [-0.05, 0) is 74.1 Å². The molecule has 7 heteroatoms. The molecule has 7 rings (SSSR count). The first-order valence-corrected chi connectivity index (χ1v) is 13.9. The molecule has 4 heterocycles. The number of benzene rings is 2. The number of aromatic amines is 1. The predicted molar refractivity (Wildman–Crippen MR) is 148 cm³/mol. The van der Waals surface area contributed by atoms with Crippen LogP contribution in [-0.2, 0) is 4.74 Å². The zero-order chi connectivity index (χ0) is 25.5. The average molecular weight is 508 g/mol. The first kappa shape index (κ1) is 23.4. The molecule has 2 aromatic heterocycles. The lowest BCUT2D eigenvalue weighted by Gasteiger charge is -2.36. The largest absolute Gasteiger partial charge is 0.377 e. The van der Waals surface area contributed by atoms with Crippen LogP contribution >= 0.6 is 0 Å². The lowest BCUT2D eigenvalue weighted by atomic mass is 9.94. The molecular formula is C31H33N5O2. The molecule has 1 saturated carbocycles. The number of H-pyrrole nitrogens is 1. The van der Waals surface area contributed by atoms with E-state index in [9.17, 15) is 4.79 Å². The molecule has 2 saturated heterocycles. The van der Waals surface area contributed by atoms with Crippen molar-refractivity contribution in [1.29, 1.82) is 0 Å². The Morgan fingerprint density at radius 1 is 0.974 bits per heavy atom. The number of rotatable bonds is 6. The Morgan fingerprint density at radius 2 is 1.76 bits per heavy atom. The molecule has 1 amide bonds. The van der Waals surface area contributed by atoms with Crippen LogP contribution in [0.2, 0.25) is 0 Å². The summed E-state index contributed by atoms with van der Waals surface area (Å²) in [6.07, 6.45) is 8.86. The van der Waals surface area contributed by atoms with Gasteiger partial charge in [-0.3, -0.25) is 14.9 Å². The quantitative estimate of drug-likeness (QED) is 0.352. The Kier molecular flexibility index (Phi) is 6.08. The number of nitrogens with zero attached hydrogens (tertiary/aromatic N) is 3. The Morgan fingerprint density at radius 3 is 2.50 bits per heavy atom. The van der Waals surface area contributed by atoms with Gasteiger partial charge < -0.3 is 15.0 Å². The van der Waals surface area contributed by atoms with Crippen LogP contribution in [0.4, 0.5) is 5.69 Å². The van der Waals surface area contributed by atoms with Crippen molar-refractivity contribution >= 4 is 22.5 Å². The zero-order valence-corrected chi connectivity index (χ0v) is 21.5. The summed E-state index contributed by atoms with van der Waals surface area (Å²) in [4.78, 5) is 20.6. The van der Waals surface area contributed by atoms with Gasteiger partial charge in [-0.1, -0.05) is 31.0 Å². The number of hydrogen-bond donors (Lipinski definition) is 2. The van der Waals surface area contributed by atoms with E-state index >= 15 is 0 Å². The summed E-state index contributed by atoms with van der Waals surface area (Å²) >= 11 is 0. The summed E-state index contributed by atoms with van der Waals surface area (Å²) in [5.74, 6) is 0.349. The van der Waals surface area contributed by atoms with Gasteiger partial charge in [0, 0.05) is 28.4 Å². The van der Waals surface area contributed by atoms with Crippen LogP contribution < -0.4 is 10.2 Å². The lowest BCUT2D eigenvalue weighted by molar-refractivity contribution is 0.0906. The van der Waals surface area contributed by atoms with Crippen LogP contribution in [0.25, 0.3) is 22.2 Å². The molecule has 2 aromatic carbocycles. The smallest absolute Gasteiger partial charge is 0.251 e. The highest BCUT2D eigenvalue weighted by Gasteiger charge is 2.37. The van der Waals surface area contributed by atoms with Crippen LogP contribution in [0.1, 0.15) is 60.6 Å². The van der Waals surface area contributed by atoms with Gasteiger partial charge in [0.25, 0.3) is 5.91 Å². The SMILES string of the molecule is O=C(NC(c1ccccn1)C1CCCC1)c1ccc2[nH]nc(-c3ccc(N4[C@@H]5CC[C@H]4COC5)cc3)c2c1. The molecule has 1 aliphatic carbocycles. The molecular weight excluding hydrogens is 474 g/mol. The lowest BCUT2D eigenvalue weighted by Crippen LogP contribution is -2.45. The van der Waals surface area contributed by atoms with Gasteiger partial charge in [0.15, 0.2) is 0 Å². The second kappa shape index (κ2) is 9.87. The molecule has 0 radical (unpaired) electrons. The van der Waals surface area contributed by atoms with Gasteiger partial charge in [-0.2, -0.15) is 5.10 Å². The fraction of sp³-hybridized carbons (Fsp3) is 0.387. The molecule has 38 heavy (non-hydrogen) atoms. The summed E-state index contributed by atoms with van der Waals surface area (Å²) in [6.45, 7) is 1.63. The average Bonchev–Trinajstić information content (AvgIpc) is 3.70. The van der Waals surface area contributed by atoms with Crippen LogP contribution in [0.3, 0.4) is 0 Å². The third kappa shape index (κ3) is 4.25. The molecule has 194 valence electrons. The first-order chi connectivity index (χ1) is 18.7. The fourth-order valence-electron chi connectivity index (χ4n) is 6.73. The molecule has 7 nitrogen and oxygen atoms in total. The number of carbonyl (C=O) groups is 1. The normalized spacial score (nSPS) is 22.2. The Balaban J connectivity index is 1.15. The number of nitrogens with one attached hydrogen (secondary N) is 2. The second-order valence-corrected chi connectivity index (χ2v) is 11.0. The van der Waals surface area contributed by atoms with Gasteiger partial charge in [0.1, 0.15) is 0 Å². The van der Waals surface area contributed by atoms with Gasteiger partial charge in [0.05, 0.1) is 48.2 Å². The van der Waals surface area contributed by atoms with E-state index in [0.717, 1.165) is 53.9 Å². The molecule has 2 bridgehead atoms. The standard InChI is InChI=1S/C31H33N5O2/c37-31(33-30(20-5-1-2-6-20)28-7-3-4-16-32-28)22-10-15-27-26(17-22)29(35-34-27)21-8-11-23(12-9-21)36-24-13-14-25(36)19-38-18-24/h3-4,7-12,15-17,20,24-25,30H,1-2,5-6,13-14,18-19H2,(H,33,37)(H,34,35)/t24-,25+,30?. The minimum absolute atomic E-state index is 0.0697. The zero-order valence-electron chi connectivity index (χ0n) is 21.5. The van der Waals surface area contributed by atoms with E-state index in [4.69, 9.17) is 4.74 Å². The van der Waals surface area contributed by atoms with E-state index in [2.05, 4.69) is 49.7 Å². The van der Waals surface area contributed by atoms with Gasteiger partial charge in [-0.25, -0.2) is 0 Å². The Bertz CT molecular complexity index is 1410. The number of carbonyl (C=O) groups excluding carboxylic acids is 1. The van der Waals surface area contributed by atoms with Crippen molar-refractivity contribution in [2.45, 2.75) is 56.7 Å². The van der Waals surface area contributed by atoms with Crippen molar-refractivity contribution in [3.63, 3.8) is 0 Å². The number of amides is 1. The van der Waals surface area contributed by atoms with Crippen LogP contribution in [0.5, 0.6) is 0 Å². The summed E-state index contributed by atoms with van der Waals surface area (Å²) in [7, 11) is 0. The van der Waals surface area contributed by atoms with E-state index in [0.29, 0.717) is 23.6 Å². The number of morpholine rings is 1. The van der Waals surface area contributed by atoms with Gasteiger partial charge >= 0.3 is 0 Å². The van der Waals surface area contributed by atoms with E-state index < -0.39 is 0 Å². The topological polar surface area (TPSA) is 83.1 Å². The highest BCUT2D eigenvalue weighted by Crippen LogP contribution is 2.37. The fourth-order valence-corrected chi connectivity index (χ4v) is 6.73. The van der Waals surface area contributed by atoms with Crippen LogP contribution in [0, 0.1) is 5.92 Å². The summed E-state index contributed by atoms with van der Waals surface area (Å²) in [5.41, 5.74) is 5.65. The van der Waals surface area contributed by atoms with Gasteiger partial charge in [0.2, 0.25) is 0 Å². The third-order valence-corrected chi connectivity index (χ3v) is 8.67. The molecule has 2 aliphatic heterocycles.